The number of benzene rings is 1. The zero-order valence-electron chi connectivity index (χ0n) is 14.3. The molecule has 8 nitrogen and oxygen atoms in total. The van der Waals surface area contributed by atoms with Gasteiger partial charge in [-0.05, 0) is 24.1 Å². The van der Waals surface area contributed by atoms with E-state index in [2.05, 4.69) is 15.2 Å². The van der Waals surface area contributed by atoms with Crippen molar-refractivity contribution in [2.45, 2.75) is 6.42 Å². The summed E-state index contributed by atoms with van der Waals surface area (Å²) in [5.41, 5.74) is 2.11. The number of carbonyl (C=O) groups excluding carboxylic acids is 2. The molecule has 1 aromatic carbocycles. The lowest BCUT2D eigenvalue weighted by Gasteiger charge is -2.14. The van der Waals surface area contributed by atoms with E-state index in [1.807, 2.05) is 12.1 Å². The predicted molar refractivity (Wildman–Crippen MR) is 92.5 cm³/mol. The van der Waals surface area contributed by atoms with Crippen molar-refractivity contribution < 1.29 is 19.1 Å². The lowest BCUT2D eigenvalue weighted by atomic mass is 10.1. The predicted octanol–water partition coefficient (Wildman–Crippen LogP) is 1.81. The molecule has 2 amide bonds. The van der Waals surface area contributed by atoms with E-state index in [4.69, 9.17) is 9.47 Å². The molecule has 0 atom stereocenters. The molecular weight excluding hydrogens is 336 g/mol. The summed E-state index contributed by atoms with van der Waals surface area (Å²) in [6.07, 6.45) is 3.45. The largest absolute Gasteiger partial charge is 0.493 e. The second-order valence-electron chi connectivity index (χ2n) is 5.88. The van der Waals surface area contributed by atoms with Crippen molar-refractivity contribution in [3.63, 3.8) is 0 Å². The smallest absolute Gasteiger partial charge is 0.263 e. The molecular formula is C18H16N4O4. The third kappa shape index (κ3) is 2.38. The number of aromatic nitrogens is 3. The Balaban J connectivity index is 1.58. The first-order valence-electron chi connectivity index (χ1n) is 8.03. The number of rotatable bonds is 5. The number of hydrogen-bond donors (Lipinski definition) is 1. The van der Waals surface area contributed by atoms with Gasteiger partial charge in [-0.15, -0.1) is 0 Å². The van der Waals surface area contributed by atoms with Gasteiger partial charge < -0.3 is 9.47 Å². The average Bonchev–Trinajstić information content (AvgIpc) is 3.23. The van der Waals surface area contributed by atoms with E-state index in [1.165, 1.54) is 17.3 Å². The summed E-state index contributed by atoms with van der Waals surface area (Å²) < 4.78 is 10.5. The van der Waals surface area contributed by atoms with Crippen molar-refractivity contribution in [2.24, 2.45) is 0 Å². The van der Waals surface area contributed by atoms with Crippen LogP contribution in [0.15, 0.2) is 30.6 Å². The van der Waals surface area contributed by atoms with Gasteiger partial charge in [-0.1, -0.05) is 6.07 Å². The number of amides is 2. The Hall–Kier alpha value is -3.42. The van der Waals surface area contributed by atoms with E-state index in [0.29, 0.717) is 40.1 Å². The number of nitrogens with zero attached hydrogens (tertiary/aromatic N) is 3. The highest BCUT2D eigenvalue weighted by Gasteiger charge is 2.37. The number of imide groups is 1. The number of methoxy groups -OCH3 is 2. The zero-order valence-corrected chi connectivity index (χ0v) is 14.3. The van der Waals surface area contributed by atoms with Gasteiger partial charge in [0.05, 0.1) is 36.9 Å². The SMILES string of the molecule is COc1ccc(CCN2C(=O)c3cnc4[nH]ncc4c3C2=O)cc1OC. The number of carbonyl (C=O) groups is 2. The molecule has 2 aromatic heterocycles. The Morgan fingerprint density at radius 1 is 1.08 bits per heavy atom. The van der Waals surface area contributed by atoms with Crippen molar-refractivity contribution in [1.29, 1.82) is 0 Å². The van der Waals surface area contributed by atoms with Crippen LogP contribution >= 0.6 is 0 Å². The van der Waals surface area contributed by atoms with Crippen LogP contribution in [0.1, 0.15) is 26.3 Å². The minimum Gasteiger partial charge on any atom is -0.493 e. The van der Waals surface area contributed by atoms with Gasteiger partial charge in [0, 0.05) is 12.7 Å². The van der Waals surface area contributed by atoms with E-state index < -0.39 is 0 Å². The fourth-order valence-electron chi connectivity index (χ4n) is 3.14. The molecule has 3 aromatic rings. The number of pyridine rings is 1. The maximum atomic E-state index is 12.8. The molecule has 1 N–H and O–H groups in total. The van der Waals surface area contributed by atoms with Gasteiger partial charge in [0.15, 0.2) is 17.1 Å². The minimum absolute atomic E-state index is 0.265. The Labute approximate surface area is 148 Å². The van der Waals surface area contributed by atoms with Crippen molar-refractivity contribution >= 4 is 22.8 Å². The van der Waals surface area contributed by atoms with E-state index in [9.17, 15) is 9.59 Å². The highest BCUT2D eigenvalue weighted by molar-refractivity contribution is 6.25. The molecule has 0 spiro atoms. The molecule has 26 heavy (non-hydrogen) atoms. The van der Waals surface area contributed by atoms with Crippen LogP contribution in [0.2, 0.25) is 0 Å². The van der Waals surface area contributed by atoms with Gasteiger partial charge in [0.1, 0.15) is 0 Å². The van der Waals surface area contributed by atoms with Crippen LogP contribution in [0.3, 0.4) is 0 Å². The maximum Gasteiger partial charge on any atom is 0.263 e. The van der Waals surface area contributed by atoms with E-state index in [-0.39, 0.29) is 18.4 Å². The van der Waals surface area contributed by atoms with Crippen LogP contribution in [-0.2, 0) is 6.42 Å². The molecule has 0 radical (unpaired) electrons. The fraction of sp³-hybridized carbons (Fsp3) is 0.222. The number of H-pyrrole nitrogens is 1. The van der Waals surface area contributed by atoms with Crippen LogP contribution in [0, 0.1) is 0 Å². The lowest BCUT2D eigenvalue weighted by molar-refractivity contribution is 0.0656. The van der Waals surface area contributed by atoms with Crippen LogP contribution in [0.5, 0.6) is 11.5 Å². The normalized spacial score (nSPS) is 13.4. The van der Waals surface area contributed by atoms with Gasteiger partial charge in [-0.3, -0.25) is 19.6 Å². The lowest BCUT2D eigenvalue weighted by Crippen LogP contribution is -2.31. The van der Waals surface area contributed by atoms with E-state index in [0.717, 1.165) is 5.56 Å². The monoisotopic (exact) mass is 352 g/mol. The Bertz CT molecular complexity index is 1030. The zero-order chi connectivity index (χ0) is 18.3. The van der Waals surface area contributed by atoms with E-state index >= 15 is 0 Å². The molecule has 3 heterocycles. The summed E-state index contributed by atoms with van der Waals surface area (Å²) >= 11 is 0. The van der Waals surface area contributed by atoms with Gasteiger partial charge in [-0.25, -0.2) is 4.98 Å². The van der Waals surface area contributed by atoms with Gasteiger partial charge in [0.25, 0.3) is 11.8 Å². The molecule has 8 heteroatoms. The highest BCUT2D eigenvalue weighted by Crippen LogP contribution is 2.30. The number of nitrogens with one attached hydrogen (secondary N) is 1. The second-order valence-corrected chi connectivity index (χ2v) is 5.88. The molecule has 0 saturated heterocycles. The summed E-state index contributed by atoms with van der Waals surface area (Å²) in [6, 6.07) is 5.53. The van der Waals surface area contributed by atoms with Gasteiger partial charge in [0.2, 0.25) is 0 Å². The summed E-state index contributed by atoms with van der Waals surface area (Å²) in [6.45, 7) is 0.265. The second kappa shape index (κ2) is 6.14. The molecule has 0 saturated carbocycles. The molecule has 0 bridgehead atoms. The first kappa shape index (κ1) is 16.1. The molecule has 0 fully saturated rings. The molecule has 0 aliphatic carbocycles. The first-order valence-corrected chi connectivity index (χ1v) is 8.03. The third-order valence-corrected chi connectivity index (χ3v) is 4.49. The first-order chi connectivity index (χ1) is 12.6. The van der Waals surface area contributed by atoms with Crippen molar-refractivity contribution in [3.05, 3.63) is 47.3 Å². The average molecular weight is 352 g/mol. The minimum atomic E-state index is -0.332. The van der Waals surface area contributed by atoms with Crippen LogP contribution in [-0.4, -0.2) is 52.7 Å². The molecule has 1 aliphatic rings. The number of aromatic amines is 1. The Morgan fingerprint density at radius 3 is 2.65 bits per heavy atom. The molecule has 4 rings (SSSR count). The maximum absolute atomic E-state index is 12.8. The Morgan fingerprint density at radius 2 is 1.88 bits per heavy atom. The summed E-state index contributed by atoms with van der Waals surface area (Å²) in [5, 5.41) is 7.17. The van der Waals surface area contributed by atoms with Gasteiger partial charge >= 0.3 is 0 Å². The molecule has 0 unspecified atom stereocenters. The van der Waals surface area contributed by atoms with Crippen LogP contribution in [0.25, 0.3) is 11.0 Å². The van der Waals surface area contributed by atoms with E-state index in [1.54, 1.807) is 20.3 Å². The number of fused-ring (bicyclic) bond motifs is 3. The fourth-order valence-corrected chi connectivity index (χ4v) is 3.14. The standard InChI is InChI=1S/C18H16N4O4/c1-25-13-4-3-10(7-14(13)26-2)5-6-22-17(23)12-8-19-16-11(9-20-21-16)15(12)18(22)24/h3-4,7-9H,5-6H2,1-2H3,(H,19,20,21). The topological polar surface area (TPSA) is 97.4 Å². The Kier molecular flexibility index (Phi) is 3.80. The number of ether oxygens (including phenoxy) is 2. The molecule has 132 valence electrons. The summed E-state index contributed by atoms with van der Waals surface area (Å²) in [4.78, 5) is 30.8. The van der Waals surface area contributed by atoms with Crippen LogP contribution < -0.4 is 9.47 Å². The molecule has 1 aliphatic heterocycles. The van der Waals surface area contributed by atoms with Crippen LogP contribution in [0.4, 0.5) is 0 Å². The number of hydrogen-bond acceptors (Lipinski definition) is 6. The van der Waals surface area contributed by atoms with Crippen molar-refractivity contribution in [1.82, 2.24) is 20.1 Å². The van der Waals surface area contributed by atoms with Crippen molar-refractivity contribution in [2.75, 3.05) is 20.8 Å². The summed E-state index contributed by atoms with van der Waals surface area (Å²) in [5.74, 6) is 0.586. The third-order valence-electron chi connectivity index (χ3n) is 4.49. The quantitative estimate of drug-likeness (QED) is 0.704. The summed E-state index contributed by atoms with van der Waals surface area (Å²) in [7, 11) is 3.13. The van der Waals surface area contributed by atoms with Gasteiger partial charge in [-0.2, -0.15) is 5.10 Å². The highest BCUT2D eigenvalue weighted by atomic mass is 16.5. The van der Waals surface area contributed by atoms with Crippen molar-refractivity contribution in [3.8, 4) is 11.5 Å².